The Morgan fingerprint density at radius 2 is 1.48 bits per heavy atom. The SMILES string of the molecule is CC(=O)N[C@@H](Cc1ccc(OCc2ccccc2)cc1)C(=O)C[C@@H](CC(C)C)C(=O)N[C@@H](CC(=O)OC(C)(C)C)C(=O)CCCOCCOCCN=[N+]=[N-]. The van der Waals surface area contributed by atoms with Gasteiger partial charge in [0.25, 0.3) is 0 Å². The maximum atomic E-state index is 13.8. The Hall–Kier alpha value is -4.78. The molecule has 2 aromatic rings. The number of ketones is 2. The standard InChI is InChI=1S/C40H57N5O9/c1-28(2)23-32(25-37(48)34(43-29(3)46)24-30-14-16-33(17-15-30)53-27-31-11-8-7-9-12-31)39(50)44-35(26-38(49)54-40(4,5)6)36(47)13-10-19-51-21-22-52-20-18-42-45-41/h7-9,11-12,14-17,28,32,34-35H,10,13,18-27H2,1-6H3,(H,43,46)(H,44,50)/t32-,34+,35+/m1/s1. The summed E-state index contributed by atoms with van der Waals surface area (Å²) in [5.41, 5.74) is 9.32. The molecular weight excluding hydrogens is 694 g/mol. The summed E-state index contributed by atoms with van der Waals surface area (Å²) in [6.45, 7) is 12.0. The second-order valence-electron chi connectivity index (χ2n) is 14.5. The van der Waals surface area contributed by atoms with Gasteiger partial charge in [0.1, 0.15) is 18.0 Å². The number of nitrogens with zero attached hydrogens (tertiary/aromatic N) is 3. The number of azide groups is 1. The van der Waals surface area contributed by atoms with E-state index >= 15 is 0 Å². The molecule has 2 rings (SSSR count). The number of rotatable bonds is 26. The van der Waals surface area contributed by atoms with Gasteiger partial charge >= 0.3 is 5.97 Å². The number of hydrogen-bond acceptors (Lipinski definition) is 10. The molecule has 0 aromatic heterocycles. The number of ether oxygens (including phenoxy) is 4. The van der Waals surface area contributed by atoms with E-state index < -0.39 is 35.5 Å². The zero-order valence-corrected chi connectivity index (χ0v) is 32.5. The molecule has 2 amide bonds. The fraction of sp³-hybridized carbons (Fsp3) is 0.575. The molecule has 0 heterocycles. The molecule has 14 nitrogen and oxygen atoms in total. The Labute approximate surface area is 318 Å². The number of hydrogen-bond donors (Lipinski definition) is 2. The first-order valence-corrected chi connectivity index (χ1v) is 18.4. The van der Waals surface area contributed by atoms with Gasteiger partial charge in [0.2, 0.25) is 11.8 Å². The van der Waals surface area contributed by atoms with Crippen molar-refractivity contribution in [3.8, 4) is 5.75 Å². The number of esters is 1. The van der Waals surface area contributed by atoms with Gasteiger partial charge in [-0.3, -0.25) is 24.0 Å². The highest BCUT2D eigenvalue weighted by atomic mass is 16.6. The van der Waals surface area contributed by atoms with Crippen LogP contribution in [0.3, 0.4) is 0 Å². The first-order valence-electron chi connectivity index (χ1n) is 18.4. The average molecular weight is 752 g/mol. The van der Waals surface area contributed by atoms with Crippen molar-refractivity contribution in [1.29, 1.82) is 0 Å². The third-order valence-corrected chi connectivity index (χ3v) is 7.93. The molecule has 3 atom stereocenters. The molecule has 0 radical (unpaired) electrons. The van der Waals surface area contributed by atoms with Crippen LogP contribution in [0.25, 0.3) is 10.4 Å². The summed E-state index contributed by atoms with van der Waals surface area (Å²) in [7, 11) is 0. The van der Waals surface area contributed by atoms with Gasteiger partial charge in [-0.1, -0.05) is 61.4 Å². The molecule has 0 spiro atoms. The van der Waals surface area contributed by atoms with Crippen LogP contribution in [-0.2, 0) is 51.2 Å². The van der Waals surface area contributed by atoms with Gasteiger partial charge in [0, 0.05) is 43.7 Å². The zero-order chi connectivity index (χ0) is 39.9. The van der Waals surface area contributed by atoms with Crippen LogP contribution in [0.5, 0.6) is 5.75 Å². The summed E-state index contributed by atoms with van der Waals surface area (Å²) in [6.07, 6.45) is 0.356. The summed E-state index contributed by atoms with van der Waals surface area (Å²) in [5.74, 6) is -2.40. The van der Waals surface area contributed by atoms with Crippen LogP contribution >= 0.6 is 0 Å². The van der Waals surface area contributed by atoms with Crippen molar-refractivity contribution in [3.05, 3.63) is 76.2 Å². The molecule has 0 saturated carbocycles. The Morgan fingerprint density at radius 3 is 2.09 bits per heavy atom. The van der Waals surface area contributed by atoms with Gasteiger partial charge in [0.15, 0.2) is 11.6 Å². The smallest absolute Gasteiger partial charge is 0.308 e. The van der Waals surface area contributed by atoms with Gasteiger partial charge in [0.05, 0.1) is 38.3 Å². The maximum Gasteiger partial charge on any atom is 0.308 e. The molecule has 0 unspecified atom stereocenters. The van der Waals surface area contributed by atoms with Crippen molar-refractivity contribution in [1.82, 2.24) is 10.6 Å². The number of carbonyl (C=O) groups is 5. The van der Waals surface area contributed by atoms with E-state index in [4.69, 9.17) is 24.5 Å². The first-order chi connectivity index (χ1) is 25.7. The molecule has 2 N–H and O–H groups in total. The van der Waals surface area contributed by atoms with E-state index in [0.29, 0.717) is 31.8 Å². The highest BCUT2D eigenvalue weighted by Gasteiger charge is 2.32. The molecule has 0 aliphatic rings. The van der Waals surface area contributed by atoms with Gasteiger partial charge in [-0.15, -0.1) is 0 Å². The fourth-order valence-electron chi connectivity index (χ4n) is 5.51. The van der Waals surface area contributed by atoms with Crippen molar-refractivity contribution < 1.29 is 42.9 Å². The minimum atomic E-state index is -1.17. The van der Waals surface area contributed by atoms with E-state index in [0.717, 1.165) is 11.1 Å². The molecule has 54 heavy (non-hydrogen) atoms. The lowest BCUT2D eigenvalue weighted by atomic mass is 9.88. The van der Waals surface area contributed by atoms with E-state index in [-0.39, 0.29) is 75.4 Å². The lowest BCUT2D eigenvalue weighted by molar-refractivity contribution is -0.156. The quantitative estimate of drug-likeness (QED) is 0.0390. The molecular formula is C40H57N5O9. The molecule has 0 saturated heterocycles. The van der Waals surface area contributed by atoms with E-state index in [1.807, 2.05) is 68.4 Å². The molecule has 0 fully saturated rings. The summed E-state index contributed by atoms with van der Waals surface area (Å²) in [6, 6.07) is 15.0. The van der Waals surface area contributed by atoms with Crippen molar-refractivity contribution in [2.75, 3.05) is 33.0 Å². The van der Waals surface area contributed by atoms with E-state index in [9.17, 15) is 24.0 Å². The molecule has 2 aromatic carbocycles. The number of carbonyl (C=O) groups excluding carboxylic acids is 5. The van der Waals surface area contributed by atoms with Crippen LogP contribution < -0.4 is 15.4 Å². The Bertz CT molecular complexity index is 1520. The molecule has 0 aliphatic carbocycles. The normalized spacial score (nSPS) is 12.9. The molecule has 0 aliphatic heterocycles. The predicted molar refractivity (Wildman–Crippen MR) is 203 cm³/mol. The van der Waals surface area contributed by atoms with Gasteiger partial charge in [-0.2, -0.15) is 0 Å². The Balaban J connectivity index is 2.09. The summed E-state index contributed by atoms with van der Waals surface area (Å²) in [5, 5.41) is 8.87. The summed E-state index contributed by atoms with van der Waals surface area (Å²) >= 11 is 0. The van der Waals surface area contributed by atoms with Crippen molar-refractivity contribution in [3.63, 3.8) is 0 Å². The van der Waals surface area contributed by atoms with Crippen LogP contribution in [0.15, 0.2) is 59.7 Å². The lowest BCUT2D eigenvalue weighted by Gasteiger charge is -2.26. The van der Waals surface area contributed by atoms with Crippen LogP contribution in [0.1, 0.15) is 84.8 Å². The Kier molecular flexibility index (Phi) is 20.6. The summed E-state index contributed by atoms with van der Waals surface area (Å²) < 4.78 is 22.1. The van der Waals surface area contributed by atoms with Crippen molar-refractivity contribution in [2.45, 2.75) is 104 Å². The van der Waals surface area contributed by atoms with Crippen molar-refractivity contribution >= 4 is 29.4 Å². The van der Waals surface area contributed by atoms with Gasteiger partial charge in [-0.25, -0.2) is 0 Å². The first kappa shape index (κ1) is 45.4. The number of benzene rings is 2. The topological polar surface area (TPSA) is 195 Å². The maximum absolute atomic E-state index is 13.8. The lowest BCUT2D eigenvalue weighted by Crippen LogP contribution is -2.47. The minimum Gasteiger partial charge on any atom is -0.489 e. The summed E-state index contributed by atoms with van der Waals surface area (Å²) in [4.78, 5) is 68.6. The number of Topliss-reactive ketones (excluding diaryl/α,β-unsaturated/α-hetero) is 2. The van der Waals surface area contributed by atoms with E-state index in [1.165, 1.54) is 6.92 Å². The molecule has 0 bridgehead atoms. The van der Waals surface area contributed by atoms with Gasteiger partial charge < -0.3 is 29.6 Å². The molecule has 14 heteroatoms. The van der Waals surface area contributed by atoms with Crippen LogP contribution in [-0.4, -0.2) is 80.0 Å². The van der Waals surface area contributed by atoms with Crippen LogP contribution in [0.2, 0.25) is 0 Å². The van der Waals surface area contributed by atoms with E-state index in [1.54, 1.807) is 20.8 Å². The molecule has 296 valence electrons. The zero-order valence-electron chi connectivity index (χ0n) is 32.5. The van der Waals surface area contributed by atoms with Crippen LogP contribution in [0.4, 0.5) is 0 Å². The van der Waals surface area contributed by atoms with Gasteiger partial charge in [-0.05, 0) is 74.7 Å². The largest absolute Gasteiger partial charge is 0.489 e. The average Bonchev–Trinajstić information content (AvgIpc) is 3.10. The monoisotopic (exact) mass is 751 g/mol. The van der Waals surface area contributed by atoms with Crippen LogP contribution in [0, 0.1) is 11.8 Å². The third-order valence-electron chi connectivity index (χ3n) is 7.93. The Morgan fingerprint density at radius 1 is 0.815 bits per heavy atom. The van der Waals surface area contributed by atoms with E-state index in [2.05, 4.69) is 20.7 Å². The van der Waals surface area contributed by atoms with Crippen molar-refractivity contribution in [2.24, 2.45) is 17.0 Å². The second-order valence-corrected chi connectivity index (χ2v) is 14.5. The minimum absolute atomic E-state index is 0.0244. The number of amides is 2. The third kappa shape index (κ3) is 19.9. The fourth-order valence-corrected chi connectivity index (χ4v) is 5.51. The second kappa shape index (κ2) is 24.5. The predicted octanol–water partition coefficient (Wildman–Crippen LogP) is 5.84. The highest BCUT2D eigenvalue weighted by molar-refractivity contribution is 5.95. The number of nitrogens with one attached hydrogen (secondary N) is 2. The highest BCUT2D eigenvalue weighted by Crippen LogP contribution is 2.21.